The van der Waals surface area contributed by atoms with Crippen molar-refractivity contribution in [3.8, 4) is 5.75 Å². The third-order valence-electron chi connectivity index (χ3n) is 5.38. The molecule has 3 unspecified atom stereocenters. The standard InChI is InChI=1S/C17H25NO4/c1-9-10(2)12(4)15-14(11(9)3)7-8-17(6,22-15)16(19)13(5)18(20)21/h13,16,19H,7-8H2,1-6H3. The minimum absolute atomic E-state index is 0.451. The van der Waals surface area contributed by atoms with Crippen molar-refractivity contribution >= 4 is 0 Å². The molecule has 0 saturated carbocycles. The maximum absolute atomic E-state index is 11.0. The second kappa shape index (κ2) is 5.54. The van der Waals surface area contributed by atoms with Crippen LogP contribution in [0, 0.1) is 37.8 Å². The Hall–Kier alpha value is -1.62. The number of ether oxygens (including phenoxy) is 1. The fourth-order valence-electron chi connectivity index (χ4n) is 3.29. The monoisotopic (exact) mass is 307 g/mol. The highest BCUT2D eigenvalue weighted by Crippen LogP contribution is 2.42. The summed E-state index contributed by atoms with van der Waals surface area (Å²) >= 11 is 0. The van der Waals surface area contributed by atoms with Crippen LogP contribution in [0.5, 0.6) is 5.75 Å². The molecule has 0 spiro atoms. The summed E-state index contributed by atoms with van der Waals surface area (Å²) in [5.41, 5.74) is 4.96. The smallest absolute Gasteiger partial charge is 0.239 e. The van der Waals surface area contributed by atoms with Crippen LogP contribution in [0.15, 0.2) is 0 Å². The van der Waals surface area contributed by atoms with E-state index >= 15 is 0 Å². The van der Waals surface area contributed by atoms with Gasteiger partial charge in [0.25, 0.3) is 0 Å². The minimum Gasteiger partial charge on any atom is -0.484 e. The van der Waals surface area contributed by atoms with Gasteiger partial charge in [0.2, 0.25) is 6.04 Å². The molecule has 1 aromatic carbocycles. The van der Waals surface area contributed by atoms with Crippen LogP contribution in [0.1, 0.15) is 48.1 Å². The van der Waals surface area contributed by atoms with Crippen LogP contribution in [0.3, 0.4) is 0 Å². The number of rotatable bonds is 3. The summed E-state index contributed by atoms with van der Waals surface area (Å²) in [5, 5.41) is 21.4. The zero-order chi connectivity index (χ0) is 16.8. The first-order valence-corrected chi connectivity index (χ1v) is 7.70. The molecule has 0 aromatic heterocycles. The van der Waals surface area contributed by atoms with Crippen LogP contribution < -0.4 is 4.74 Å². The lowest BCUT2D eigenvalue weighted by Crippen LogP contribution is -2.54. The summed E-state index contributed by atoms with van der Waals surface area (Å²) in [6, 6.07) is -1.06. The second-order valence-electron chi connectivity index (χ2n) is 6.69. The van der Waals surface area contributed by atoms with Crippen molar-refractivity contribution in [3.63, 3.8) is 0 Å². The molecule has 0 fully saturated rings. The lowest BCUT2D eigenvalue weighted by molar-refractivity contribution is -0.534. The molecule has 22 heavy (non-hydrogen) atoms. The van der Waals surface area contributed by atoms with Crippen LogP contribution in [0.4, 0.5) is 0 Å². The van der Waals surface area contributed by atoms with Crippen molar-refractivity contribution in [2.75, 3.05) is 0 Å². The maximum atomic E-state index is 11.0. The van der Waals surface area contributed by atoms with E-state index < -0.39 is 22.7 Å². The van der Waals surface area contributed by atoms with Gasteiger partial charge in [-0.2, -0.15) is 0 Å². The average molecular weight is 307 g/mol. The summed E-state index contributed by atoms with van der Waals surface area (Å²) < 4.78 is 6.15. The zero-order valence-electron chi connectivity index (χ0n) is 14.2. The number of nitrogens with zero attached hydrogens (tertiary/aromatic N) is 1. The van der Waals surface area contributed by atoms with Crippen LogP contribution in [0.2, 0.25) is 0 Å². The molecule has 0 radical (unpaired) electrons. The first-order chi connectivity index (χ1) is 10.1. The molecule has 1 aliphatic heterocycles. The van der Waals surface area contributed by atoms with Gasteiger partial charge in [0.1, 0.15) is 11.4 Å². The summed E-state index contributed by atoms with van der Waals surface area (Å²) in [6.07, 6.45) is 0.195. The summed E-state index contributed by atoms with van der Waals surface area (Å²) in [4.78, 5) is 10.5. The Balaban J connectivity index is 2.45. The van der Waals surface area contributed by atoms with Crippen LogP contribution in [0.25, 0.3) is 0 Å². The van der Waals surface area contributed by atoms with Crippen LogP contribution in [-0.4, -0.2) is 27.8 Å². The van der Waals surface area contributed by atoms with E-state index in [9.17, 15) is 15.2 Å². The van der Waals surface area contributed by atoms with E-state index in [0.29, 0.717) is 6.42 Å². The maximum Gasteiger partial charge on any atom is 0.239 e. The molecule has 1 heterocycles. The van der Waals surface area contributed by atoms with Gasteiger partial charge in [-0.1, -0.05) is 0 Å². The number of nitro groups is 1. The second-order valence-corrected chi connectivity index (χ2v) is 6.69. The van der Waals surface area contributed by atoms with E-state index in [1.165, 1.54) is 29.2 Å². The highest BCUT2D eigenvalue weighted by atomic mass is 16.6. The Labute approximate surface area is 131 Å². The number of aliphatic hydroxyl groups excluding tert-OH is 1. The summed E-state index contributed by atoms with van der Waals surface area (Å²) in [5.74, 6) is 0.795. The first-order valence-electron chi connectivity index (χ1n) is 7.70. The summed E-state index contributed by atoms with van der Waals surface area (Å²) in [6.45, 7) is 11.5. The lowest BCUT2D eigenvalue weighted by Gasteiger charge is -2.41. The molecule has 0 bridgehead atoms. The SMILES string of the molecule is Cc1c(C)c(C)c2c(c1C)CCC(C)(C(O)C(C)[N+](=O)[O-])O2. The molecule has 5 heteroatoms. The Bertz CT molecular complexity index is 626. The van der Waals surface area contributed by atoms with Gasteiger partial charge in [-0.15, -0.1) is 0 Å². The molecule has 1 aliphatic rings. The van der Waals surface area contributed by atoms with Gasteiger partial charge in [-0.3, -0.25) is 10.1 Å². The molecular weight excluding hydrogens is 282 g/mol. The van der Waals surface area contributed by atoms with Gasteiger partial charge < -0.3 is 9.84 Å². The van der Waals surface area contributed by atoms with Gasteiger partial charge in [0.15, 0.2) is 6.10 Å². The lowest BCUT2D eigenvalue weighted by atomic mass is 9.81. The summed E-state index contributed by atoms with van der Waals surface area (Å²) in [7, 11) is 0. The Morgan fingerprint density at radius 3 is 2.27 bits per heavy atom. The number of benzene rings is 1. The van der Waals surface area contributed by atoms with Crippen molar-refractivity contribution < 1.29 is 14.8 Å². The topological polar surface area (TPSA) is 72.6 Å². The molecule has 2 rings (SSSR count). The quantitative estimate of drug-likeness (QED) is 0.688. The third kappa shape index (κ3) is 2.47. The largest absolute Gasteiger partial charge is 0.484 e. The highest BCUT2D eigenvalue weighted by Gasteiger charge is 2.46. The van der Waals surface area contributed by atoms with E-state index in [0.717, 1.165) is 17.7 Å². The van der Waals surface area contributed by atoms with E-state index in [4.69, 9.17) is 4.74 Å². The Morgan fingerprint density at radius 2 is 1.73 bits per heavy atom. The van der Waals surface area contributed by atoms with Crippen molar-refractivity contribution in [2.45, 2.75) is 72.1 Å². The highest BCUT2D eigenvalue weighted by molar-refractivity contribution is 5.55. The van der Waals surface area contributed by atoms with E-state index in [2.05, 4.69) is 20.8 Å². The Morgan fingerprint density at radius 1 is 1.18 bits per heavy atom. The van der Waals surface area contributed by atoms with Crippen LogP contribution in [-0.2, 0) is 6.42 Å². The molecule has 0 saturated heterocycles. The number of aliphatic hydroxyl groups is 1. The predicted molar refractivity (Wildman–Crippen MR) is 85.2 cm³/mol. The molecule has 1 N–H and O–H groups in total. The molecule has 1 aromatic rings. The van der Waals surface area contributed by atoms with Crippen molar-refractivity contribution in [1.82, 2.24) is 0 Å². The molecule has 0 amide bonds. The van der Waals surface area contributed by atoms with E-state index in [-0.39, 0.29) is 0 Å². The predicted octanol–water partition coefficient (Wildman–Crippen LogP) is 3.03. The van der Waals surface area contributed by atoms with E-state index in [1.54, 1.807) is 6.92 Å². The molecular formula is C17H25NO4. The Kier molecular flexibility index (Phi) is 4.22. The molecule has 3 atom stereocenters. The average Bonchev–Trinajstić information content (AvgIpc) is 2.49. The van der Waals surface area contributed by atoms with E-state index in [1.807, 2.05) is 6.92 Å². The van der Waals surface area contributed by atoms with Gasteiger partial charge >= 0.3 is 0 Å². The molecule has 122 valence electrons. The number of hydrogen-bond donors (Lipinski definition) is 1. The van der Waals surface area contributed by atoms with Crippen molar-refractivity contribution in [2.24, 2.45) is 0 Å². The van der Waals surface area contributed by atoms with Crippen molar-refractivity contribution in [3.05, 3.63) is 37.9 Å². The van der Waals surface area contributed by atoms with Gasteiger partial charge in [-0.05, 0) is 75.3 Å². The fraction of sp³-hybridized carbons (Fsp3) is 0.647. The molecule has 0 aliphatic carbocycles. The minimum atomic E-state index is -1.14. The zero-order valence-corrected chi connectivity index (χ0v) is 14.2. The third-order valence-corrected chi connectivity index (χ3v) is 5.38. The number of hydrogen-bond acceptors (Lipinski definition) is 4. The fourth-order valence-corrected chi connectivity index (χ4v) is 3.29. The normalized spacial score (nSPS) is 23.4. The van der Waals surface area contributed by atoms with Gasteiger partial charge in [-0.25, -0.2) is 0 Å². The molecule has 5 nitrogen and oxygen atoms in total. The first kappa shape index (κ1) is 16.7. The van der Waals surface area contributed by atoms with Crippen molar-refractivity contribution in [1.29, 1.82) is 0 Å². The van der Waals surface area contributed by atoms with Crippen LogP contribution >= 0.6 is 0 Å². The van der Waals surface area contributed by atoms with Gasteiger partial charge in [0, 0.05) is 11.8 Å². The number of fused-ring (bicyclic) bond motifs is 1. The van der Waals surface area contributed by atoms with Gasteiger partial charge in [0.05, 0.1) is 0 Å².